The fourth-order valence-corrected chi connectivity index (χ4v) is 2.16. The van der Waals surface area contributed by atoms with E-state index in [2.05, 4.69) is 25.1 Å². The minimum absolute atomic E-state index is 0.146. The van der Waals surface area contributed by atoms with E-state index in [1.807, 2.05) is 10.9 Å². The molecular weight excluding hydrogens is 222 g/mol. The fraction of sp³-hybridized carbons (Fsp3) is 0.800. The highest BCUT2D eigenvalue weighted by Gasteiger charge is 2.05. The molecule has 1 atom stereocenters. The van der Waals surface area contributed by atoms with E-state index in [0.717, 1.165) is 13.0 Å². The first-order valence-electron chi connectivity index (χ1n) is 7.55. The Kier molecular flexibility index (Phi) is 7.74. The first-order valence-corrected chi connectivity index (χ1v) is 7.55. The molecular formula is C15H29N3. The predicted octanol–water partition coefficient (Wildman–Crippen LogP) is 4.04. The van der Waals surface area contributed by atoms with Crippen LogP contribution in [0.15, 0.2) is 12.4 Å². The lowest BCUT2D eigenvalue weighted by Gasteiger charge is -2.04. The molecule has 0 aromatic carbocycles. The molecule has 1 aromatic heterocycles. The Morgan fingerprint density at radius 2 is 1.78 bits per heavy atom. The number of hydrogen-bond donors (Lipinski definition) is 1. The summed E-state index contributed by atoms with van der Waals surface area (Å²) in [5, 5.41) is 4.37. The molecule has 0 aliphatic heterocycles. The molecule has 0 aliphatic carbocycles. The van der Waals surface area contributed by atoms with Crippen LogP contribution in [0.1, 0.15) is 76.8 Å². The highest BCUT2D eigenvalue weighted by molar-refractivity contribution is 5.09. The van der Waals surface area contributed by atoms with Crippen LogP contribution in [0, 0.1) is 0 Å². The van der Waals surface area contributed by atoms with Crippen molar-refractivity contribution >= 4 is 0 Å². The minimum atomic E-state index is 0.146. The van der Waals surface area contributed by atoms with E-state index in [1.54, 1.807) is 0 Å². The van der Waals surface area contributed by atoms with Gasteiger partial charge in [0.15, 0.2) is 0 Å². The summed E-state index contributed by atoms with van der Waals surface area (Å²) in [4.78, 5) is 0. The molecule has 1 rings (SSSR count). The molecule has 1 heterocycles. The van der Waals surface area contributed by atoms with Crippen molar-refractivity contribution in [1.29, 1.82) is 0 Å². The second kappa shape index (κ2) is 9.15. The van der Waals surface area contributed by atoms with Gasteiger partial charge in [-0.3, -0.25) is 4.68 Å². The largest absolute Gasteiger partial charge is 0.324 e. The monoisotopic (exact) mass is 251 g/mol. The van der Waals surface area contributed by atoms with E-state index in [9.17, 15) is 0 Å². The average molecular weight is 251 g/mol. The lowest BCUT2D eigenvalue weighted by Crippen LogP contribution is -2.07. The topological polar surface area (TPSA) is 43.8 Å². The molecule has 0 amide bonds. The van der Waals surface area contributed by atoms with Crippen molar-refractivity contribution in [2.75, 3.05) is 0 Å². The number of nitrogens with zero attached hydrogens (tertiary/aromatic N) is 2. The maximum atomic E-state index is 5.98. The molecule has 0 saturated heterocycles. The summed E-state index contributed by atoms with van der Waals surface area (Å²) in [6.07, 6.45) is 14.4. The van der Waals surface area contributed by atoms with E-state index < -0.39 is 0 Å². The Bertz CT molecular complexity index is 306. The Morgan fingerprint density at radius 1 is 1.11 bits per heavy atom. The van der Waals surface area contributed by atoms with Crippen molar-refractivity contribution in [3.8, 4) is 0 Å². The third-order valence-corrected chi connectivity index (χ3v) is 3.51. The maximum Gasteiger partial charge on any atom is 0.0537 e. The van der Waals surface area contributed by atoms with Crippen LogP contribution in [-0.2, 0) is 6.54 Å². The van der Waals surface area contributed by atoms with Crippen LogP contribution < -0.4 is 5.73 Å². The molecule has 3 nitrogen and oxygen atoms in total. The Labute approximate surface area is 112 Å². The van der Waals surface area contributed by atoms with E-state index in [4.69, 9.17) is 5.73 Å². The van der Waals surface area contributed by atoms with Gasteiger partial charge >= 0.3 is 0 Å². The lowest BCUT2D eigenvalue weighted by atomic mass is 10.1. The van der Waals surface area contributed by atoms with Gasteiger partial charge in [-0.05, 0) is 12.8 Å². The minimum Gasteiger partial charge on any atom is -0.324 e. The van der Waals surface area contributed by atoms with Crippen LogP contribution >= 0.6 is 0 Å². The zero-order chi connectivity index (χ0) is 13.2. The quantitative estimate of drug-likeness (QED) is 0.638. The summed E-state index contributed by atoms with van der Waals surface area (Å²) < 4.78 is 2.04. The van der Waals surface area contributed by atoms with Crippen molar-refractivity contribution < 1.29 is 0 Å². The number of hydrogen-bond acceptors (Lipinski definition) is 2. The van der Waals surface area contributed by atoms with Gasteiger partial charge in [-0.15, -0.1) is 0 Å². The molecule has 1 aromatic rings. The summed E-state index contributed by atoms with van der Waals surface area (Å²) in [6, 6.07) is 0.146. The zero-order valence-corrected chi connectivity index (χ0v) is 12.1. The molecule has 2 N–H and O–H groups in total. The lowest BCUT2D eigenvalue weighted by molar-refractivity contribution is 0.522. The van der Waals surface area contributed by atoms with Gasteiger partial charge in [-0.25, -0.2) is 0 Å². The summed E-state index contributed by atoms with van der Waals surface area (Å²) in [6.45, 7) is 5.40. The smallest absolute Gasteiger partial charge is 0.0537 e. The molecule has 18 heavy (non-hydrogen) atoms. The van der Waals surface area contributed by atoms with Gasteiger partial charge in [-0.2, -0.15) is 5.10 Å². The van der Waals surface area contributed by atoms with Gasteiger partial charge < -0.3 is 5.73 Å². The highest BCUT2D eigenvalue weighted by Crippen LogP contribution is 2.13. The van der Waals surface area contributed by atoms with Gasteiger partial charge in [0.25, 0.3) is 0 Å². The molecule has 0 fully saturated rings. The highest BCUT2D eigenvalue weighted by atomic mass is 15.3. The molecule has 104 valence electrons. The average Bonchev–Trinajstić information content (AvgIpc) is 2.85. The summed E-state index contributed by atoms with van der Waals surface area (Å²) in [5.74, 6) is 0. The van der Waals surface area contributed by atoms with Crippen LogP contribution in [0.25, 0.3) is 0 Å². The van der Waals surface area contributed by atoms with Gasteiger partial charge in [0, 0.05) is 24.3 Å². The number of rotatable bonds is 10. The first kappa shape index (κ1) is 15.2. The van der Waals surface area contributed by atoms with Crippen molar-refractivity contribution in [2.24, 2.45) is 5.73 Å². The number of aromatic nitrogens is 2. The zero-order valence-electron chi connectivity index (χ0n) is 12.1. The molecule has 0 aliphatic rings. The molecule has 0 radical (unpaired) electrons. The standard InChI is InChI=1S/C15H29N3/c1-3-5-6-7-8-9-10-11-18-13-14(12-17-18)15(16)4-2/h12-13,15H,3-11,16H2,1-2H3. The second-order valence-corrected chi connectivity index (χ2v) is 5.17. The van der Waals surface area contributed by atoms with Gasteiger partial charge in [0.1, 0.15) is 0 Å². The van der Waals surface area contributed by atoms with Crippen molar-refractivity contribution in [3.63, 3.8) is 0 Å². The summed E-state index contributed by atoms with van der Waals surface area (Å²) >= 11 is 0. The van der Waals surface area contributed by atoms with Crippen LogP contribution in [0.3, 0.4) is 0 Å². The van der Waals surface area contributed by atoms with Crippen LogP contribution in [0.5, 0.6) is 0 Å². The summed E-state index contributed by atoms with van der Waals surface area (Å²) in [7, 11) is 0. The van der Waals surface area contributed by atoms with Crippen molar-refractivity contribution in [1.82, 2.24) is 9.78 Å². The van der Waals surface area contributed by atoms with Gasteiger partial charge in [0.2, 0.25) is 0 Å². The normalized spacial score (nSPS) is 12.8. The third-order valence-electron chi connectivity index (χ3n) is 3.51. The van der Waals surface area contributed by atoms with E-state index >= 15 is 0 Å². The number of aryl methyl sites for hydroxylation is 1. The Morgan fingerprint density at radius 3 is 2.44 bits per heavy atom. The first-order chi connectivity index (χ1) is 8.77. The molecule has 0 spiro atoms. The van der Waals surface area contributed by atoms with E-state index in [1.165, 1.54) is 50.5 Å². The van der Waals surface area contributed by atoms with Gasteiger partial charge in [0.05, 0.1) is 6.20 Å². The van der Waals surface area contributed by atoms with Crippen LogP contribution in [-0.4, -0.2) is 9.78 Å². The third kappa shape index (κ3) is 5.67. The van der Waals surface area contributed by atoms with Crippen molar-refractivity contribution in [2.45, 2.75) is 77.8 Å². The summed E-state index contributed by atoms with van der Waals surface area (Å²) in [5.41, 5.74) is 7.14. The maximum absolute atomic E-state index is 5.98. The van der Waals surface area contributed by atoms with E-state index in [-0.39, 0.29) is 6.04 Å². The molecule has 3 heteroatoms. The molecule has 0 saturated carbocycles. The predicted molar refractivity (Wildman–Crippen MR) is 77.4 cm³/mol. The SMILES string of the molecule is CCCCCCCCCn1cc(C(N)CC)cn1. The fourth-order valence-electron chi connectivity index (χ4n) is 2.16. The van der Waals surface area contributed by atoms with Crippen LogP contribution in [0.4, 0.5) is 0 Å². The van der Waals surface area contributed by atoms with Gasteiger partial charge in [-0.1, -0.05) is 52.4 Å². The number of unbranched alkanes of at least 4 members (excludes halogenated alkanes) is 6. The van der Waals surface area contributed by atoms with Crippen LogP contribution in [0.2, 0.25) is 0 Å². The van der Waals surface area contributed by atoms with E-state index in [0.29, 0.717) is 0 Å². The van der Waals surface area contributed by atoms with Crippen molar-refractivity contribution in [3.05, 3.63) is 18.0 Å². The second-order valence-electron chi connectivity index (χ2n) is 5.17. The molecule has 1 unspecified atom stereocenters. The molecule has 0 bridgehead atoms. The Balaban J connectivity index is 2.10. The number of nitrogens with two attached hydrogens (primary N) is 1. The Hall–Kier alpha value is -0.830.